The van der Waals surface area contributed by atoms with Gasteiger partial charge in [-0.2, -0.15) is 0 Å². The molecule has 462 valence electrons. The number of carbonyl (C=O) groups is 8. The molecule has 0 aliphatic carbocycles. The number of likely N-dealkylation sites (tertiary alicyclic amines) is 1. The van der Waals surface area contributed by atoms with Crippen molar-refractivity contribution in [1.82, 2.24) is 29.9 Å². The van der Waals surface area contributed by atoms with E-state index in [-0.39, 0.29) is 159 Å². The fourth-order valence-corrected chi connectivity index (χ4v) is 11.0. The summed E-state index contributed by atoms with van der Waals surface area (Å²) >= 11 is 1.12. The van der Waals surface area contributed by atoms with Gasteiger partial charge in [-0.25, -0.2) is 4.79 Å². The normalized spacial score (nSPS) is 26.4. The van der Waals surface area contributed by atoms with Crippen LogP contribution >= 0.6 is 11.8 Å². The number of benzene rings is 1. The van der Waals surface area contributed by atoms with E-state index in [1.54, 1.807) is 18.2 Å². The van der Waals surface area contributed by atoms with Gasteiger partial charge < -0.3 is 92.6 Å². The van der Waals surface area contributed by atoms with Crippen LogP contribution in [0.2, 0.25) is 0 Å². The van der Waals surface area contributed by atoms with Gasteiger partial charge in [0, 0.05) is 62.7 Å². The summed E-state index contributed by atoms with van der Waals surface area (Å²) in [5, 5.41) is 47.9. The number of thioether (sulfide) groups is 1. The lowest BCUT2D eigenvalue weighted by Gasteiger charge is -2.51. The van der Waals surface area contributed by atoms with Crippen LogP contribution in [0.5, 0.6) is 5.75 Å². The second-order valence-electron chi connectivity index (χ2n) is 20.4. The van der Waals surface area contributed by atoms with Crippen molar-refractivity contribution in [3.05, 3.63) is 30.0 Å². The lowest BCUT2D eigenvalue weighted by atomic mass is 9.93. The minimum Gasteiger partial charge on any atom is -0.492 e. The van der Waals surface area contributed by atoms with Gasteiger partial charge in [0.05, 0.1) is 82.0 Å². The van der Waals surface area contributed by atoms with Gasteiger partial charge in [-0.3, -0.25) is 43.4 Å². The van der Waals surface area contributed by atoms with E-state index in [2.05, 4.69) is 10.6 Å². The second kappa shape index (κ2) is 31.6. The zero-order valence-electron chi connectivity index (χ0n) is 46.8. The van der Waals surface area contributed by atoms with E-state index in [1.807, 2.05) is 18.7 Å². The maximum Gasteiger partial charge on any atom is 0.340 e. The molecule has 0 bridgehead atoms. The number of rotatable bonds is 31. The Hall–Kier alpha value is -5.45. The fraction of sp³-hybridized carbons (Fsp3) is 0.698. The first-order chi connectivity index (χ1) is 39.8. The van der Waals surface area contributed by atoms with E-state index in [9.17, 15) is 58.8 Å². The summed E-state index contributed by atoms with van der Waals surface area (Å²) in [5.74, 6) is -3.26. The van der Waals surface area contributed by atoms with Crippen LogP contribution in [0.15, 0.2) is 24.4 Å². The van der Waals surface area contributed by atoms with E-state index in [0.717, 1.165) is 16.7 Å². The number of hydrogen-bond acceptors (Lipinski definition) is 25. The molecule has 5 fully saturated rings. The maximum absolute atomic E-state index is 13.6. The van der Waals surface area contributed by atoms with Gasteiger partial charge in [0.25, 0.3) is 0 Å². The van der Waals surface area contributed by atoms with Crippen LogP contribution in [-0.2, 0) is 87.5 Å². The molecule has 5 aliphatic heterocycles. The number of nitrogens with zero attached hydrogens (tertiary/aromatic N) is 4. The molecule has 0 radical (unpaired) electrons. The number of fused-ring (bicyclic) bond motifs is 3. The third-order valence-corrected chi connectivity index (χ3v) is 15.5. The Morgan fingerprint density at radius 2 is 1.30 bits per heavy atom. The fourth-order valence-electron chi connectivity index (χ4n) is 10.1. The molecule has 1 aromatic heterocycles. The van der Waals surface area contributed by atoms with Crippen LogP contribution in [0.3, 0.4) is 0 Å². The van der Waals surface area contributed by atoms with E-state index in [1.165, 1.54) is 29.5 Å². The molecule has 29 nitrogen and oxygen atoms in total. The molecule has 5 amide bonds. The molecule has 6 N–H and O–H groups in total. The van der Waals surface area contributed by atoms with E-state index in [0.29, 0.717) is 24.1 Å². The number of morpholine rings is 2. The number of aliphatic hydroxyl groups is 4. The van der Waals surface area contributed by atoms with Crippen LogP contribution in [0.4, 0.5) is 0 Å². The average molecular weight is 1200 g/mol. The number of ketones is 1. The number of carbonyl (C=O) groups excluding carboxylic acids is 8. The first kappa shape index (κ1) is 65.1. The van der Waals surface area contributed by atoms with Gasteiger partial charge in [0.1, 0.15) is 93.8 Å². The Labute approximate surface area is 482 Å². The van der Waals surface area contributed by atoms with Crippen LogP contribution in [-0.4, -0.2) is 284 Å². The highest BCUT2D eigenvalue weighted by Crippen LogP contribution is 2.32. The summed E-state index contributed by atoms with van der Waals surface area (Å²) in [4.78, 5) is 105. The van der Waals surface area contributed by atoms with Crippen molar-refractivity contribution in [3.8, 4) is 5.75 Å². The SMILES string of the molecule is CC(=O)CSC1CC(=O)N(CCOc2ccc3c(c2)c(C(=O)OCCOCCOCC(=O)NCC2OC4OCCN(C(C)C)[C@@H]4[C@@H](O)[C@H]2O)cn3CC(=O)OCCOCCOCC(=O)NCC2OC3OCCN(C(C)=O)[C@@H]3[C@@H](O)[C@H]2O)C1=O. The standard InChI is InChI=1S/C53H76N6O23S/c1-30(2)57-7-11-79-52-44(57)48(68)46(66)37(81-52)23-54-40(62)28-75-16-14-73-18-20-78-51(71)35-25-56(36-6-5-33(21-34(35)36)76-10-9-59-42(64)22-39(50(59)70)83-29-31(3)60)26-43(65)77-19-17-72-13-15-74-27-41(63)55-24-38-47(67)49(69)45-53(82-38)80-12-8-58(45)32(4)61/h5-6,21,25,30,37-39,44-49,52-53,66-69H,7-20,22-24,26-29H2,1-4H3,(H,54,62)(H,55,63)/t37?,38?,39?,44-,45-,46+,47+,48-,49-,52?,53?/m1/s1. The number of amides is 5. The van der Waals surface area contributed by atoms with Gasteiger partial charge in [0.15, 0.2) is 12.6 Å². The van der Waals surface area contributed by atoms with Crippen molar-refractivity contribution in [2.45, 2.75) is 113 Å². The van der Waals surface area contributed by atoms with E-state index < -0.39 is 96.2 Å². The summed E-state index contributed by atoms with van der Waals surface area (Å²) in [6.07, 6.45) is -7.43. The quantitative estimate of drug-likeness (QED) is 0.0245. The van der Waals surface area contributed by atoms with Crippen molar-refractivity contribution in [1.29, 1.82) is 0 Å². The Morgan fingerprint density at radius 3 is 1.92 bits per heavy atom. The largest absolute Gasteiger partial charge is 0.492 e. The lowest BCUT2D eigenvalue weighted by Crippen LogP contribution is -2.69. The summed E-state index contributed by atoms with van der Waals surface area (Å²) in [7, 11) is 0. The Bertz CT molecular complexity index is 2550. The van der Waals surface area contributed by atoms with Gasteiger partial charge in [-0.05, 0) is 39.0 Å². The molecule has 7 rings (SSSR count). The van der Waals surface area contributed by atoms with Crippen molar-refractivity contribution >= 4 is 69.9 Å². The zero-order chi connectivity index (χ0) is 59.7. The van der Waals surface area contributed by atoms with Gasteiger partial charge in [-0.15, -0.1) is 11.8 Å². The molecule has 5 aliphatic rings. The molecule has 6 heterocycles. The van der Waals surface area contributed by atoms with E-state index in [4.69, 9.17) is 52.1 Å². The van der Waals surface area contributed by atoms with Crippen molar-refractivity contribution < 1.29 is 111 Å². The molecule has 5 unspecified atom stereocenters. The molecule has 5 saturated heterocycles. The summed E-state index contributed by atoms with van der Waals surface area (Å²) in [6, 6.07) is 3.41. The topological polar surface area (TPSA) is 358 Å². The number of imide groups is 1. The minimum absolute atomic E-state index is 0.00676. The molecule has 83 heavy (non-hydrogen) atoms. The van der Waals surface area contributed by atoms with Crippen LogP contribution < -0.4 is 15.4 Å². The number of nitrogens with one attached hydrogen (secondary N) is 2. The van der Waals surface area contributed by atoms with Gasteiger partial charge >= 0.3 is 11.9 Å². The summed E-state index contributed by atoms with van der Waals surface area (Å²) < 4.78 is 63.1. The highest BCUT2D eigenvalue weighted by atomic mass is 32.2. The van der Waals surface area contributed by atoms with Crippen LogP contribution in [0, 0.1) is 0 Å². The molecule has 2 aromatic rings. The number of aromatic nitrogens is 1. The molecule has 11 atom stereocenters. The monoisotopic (exact) mass is 1200 g/mol. The molecular formula is C53H76N6O23S. The Kier molecular flexibility index (Phi) is 24.8. The highest BCUT2D eigenvalue weighted by molar-refractivity contribution is 8.01. The highest BCUT2D eigenvalue weighted by Gasteiger charge is 2.51. The summed E-state index contributed by atoms with van der Waals surface area (Å²) in [6.45, 7) is 6.44. The number of ether oxygens (including phenoxy) is 11. The number of hydrogen-bond donors (Lipinski definition) is 6. The van der Waals surface area contributed by atoms with Crippen molar-refractivity contribution in [3.63, 3.8) is 0 Å². The Morgan fingerprint density at radius 1 is 0.723 bits per heavy atom. The number of Topliss-reactive ketones (excluding diaryl/α,β-unsaturated/α-hetero) is 1. The van der Waals surface area contributed by atoms with Crippen LogP contribution in [0.25, 0.3) is 10.9 Å². The third kappa shape index (κ3) is 17.8. The van der Waals surface area contributed by atoms with Crippen molar-refractivity contribution in [2.75, 3.05) is 124 Å². The zero-order valence-corrected chi connectivity index (χ0v) is 47.6. The molecule has 0 saturated carbocycles. The molecule has 1 aromatic carbocycles. The number of aliphatic hydroxyl groups excluding tert-OH is 4. The van der Waals surface area contributed by atoms with Crippen molar-refractivity contribution in [2.24, 2.45) is 0 Å². The predicted octanol–water partition coefficient (Wildman–Crippen LogP) is -3.28. The lowest BCUT2D eigenvalue weighted by molar-refractivity contribution is -0.303. The maximum atomic E-state index is 13.6. The van der Waals surface area contributed by atoms with Crippen LogP contribution in [0.1, 0.15) is 44.5 Å². The first-order valence-corrected chi connectivity index (χ1v) is 28.5. The molecule has 30 heteroatoms. The second-order valence-corrected chi connectivity index (χ2v) is 21.6. The van der Waals surface area contributed by atoms with Gasteiger partial charge in [0.2, 0.25) is 29.5 Å². The Balaban J connectivity index is 0.817. The third-order valence-electron chi connectivity index (χ3n) is 14.2. The molecule has 0 spiro atoms. The first-order valence-electron chi connectivity index (χ1n) is 27.5. The number of esters is 2. The smallest absolute Gasteiger partial charge is 0.340 e. The average Bonchev–Trinajstić information content (AvgIpc) is 4.13. The predicted molar refractivity (Wildman–Crippen MR) is 286 cm³/mol. The summed E-state index contributed by atoms with van der Waals surface area (Å²) in [5.41, 5.74) is 0.501. The minimum atomic E-state index is -1.40. The van der Waals surface area contributed by atoms with Gasteiger partial charge in [-0.1, -0.05) is 0 Å². The molecular weight excluding hydrogens is 1120 g/mol. The van der Waals surface area contributed by atoms with E-state index >= 15 is 0 Å².